The second kappa shape index (κ2) is 5.58. The van der Waals surface area contributed by atoms with Gasteiger partial charge in [0.15, 0.2) is 0 Å². The molecule has 0 aliphatic rings. The lowest BCUT2D eigenvalue weighted by molar-refractivity contribution is 0.102. The van der Waals surface area contributed by atoms with Crippen LogP contribution in [0, 0.1) is 18.6 Å². The van der Waals surface area contributed by atoms with Gasteiger partial charge in [-0.3, -0.25) is 4.79 Å². The van der Waals surface area contributed by atoms with Crippen LogP contribution in [0.5, 0.6) is 5.75 Å². The van der Waals surface area contributed by atoms with Crippen LogP contribution in [0.3, 0.4) is 0 Å². The van der Waals surface area contributed by atoms with Crippen LogP contribution in [-0.4, -0.2) is 11.0 Å². The maximum absolute atomic E-state index is 13.5. The monoisotopic (exact) mass is 341 g/mol. The molecule has 0 saturated heterocycles. The molecule has 0 saturated carbocycles. The van der Waals surface area contributed by atoms with E-state index in [1.165, 1.54) is 12.1 Å². The average molecular weight is 342 g/mol. The molecule has 0 aliphatic carbocycles. The number of amides is 1. The van der Waals surface area contributed by atoms with Crippen LogP contribution < -0.4 is 5.32 Å². The summed E-state index contributed by atoms with van der Waals surface area (Å²) in [7, 11) is 0. The van der Waals surface area contributed by atoms with E-state index < -0.39 is 17.5 Å². The molecular formula is C14H10BrF2NO2. The van der Waals surface area contributed by atoms with Crippen LogP contribution in [0.1, 0.15) is 15.9 Å². The summed E-state index contributed by atoms with van der Waals surface area (Å²) in [6.07, 6.45) is 0. The number of anilines is 1. The number of rotatable bonds is 2. The maximum atomic E-state index is 13.5. The minimum atomic E-state index is -0.898. The van der Waals surface area contributed by atoms with Crippen molar-refractivity contribution in [3.8, 4) is 5.75 Å². The Hall–Kier alpha value is -1.95. The van der Waals surface area contributed by atoms with Crippen LogP contribution >= 0.6 is 15.9 Å². The van der Waals surface area contributed by atoms with Crippen molar-refractivity contribution < 1.29 is 18.7 Å². The molecule has 104 valence electrons. The van der Waals surface area contributed by atoms with Crippen LogP contribution in [0.15, 0.2) is 34.8 Å². The van der Waals surface area contributed by atoms with E-state index in [0.29, 0.717) is 6.07 Å². The summed E-state index contributed by atoms with van der Waals surface area (Å²) in [4.78, 5) is 11.9. The average Bonchev–Trinajstić information content (AvgIpc) is 2.35. The summed E-state index contributed by atoms with van der Waals surface area (Å²) >= 11 is 2.91. The second-order valence-corrected chi connectivity index (χ2v) is 5.08. The largest absolute Gasteiger partial charge is 0.507 e. The lowest BCUT2D eigenvalue weighted by Crippen LogP contribution is -2.13. The predicted molar refractivity (Wildman–Crippen MR) is 74.9 cm³/mol. The Kier molecular flexibility index (Phi) is 4.04. The van der Waals surface area contributed by atoms with Gasteiger partial charge in [-0.15, -0.1) is 0 Å². The molecule has 0 aliphatic heterocycles. The van der Waals surface area contributed by atoms with Crippen molar-refractivity contribution in [2.75, 3.05) is 5.32 Å². The number of halogens is 3. The lowest BCUT2D eigenvalue weighted by atomic mass is 10.1. The van der Waals surface area contributed by atoms with E-state index in [-0.39, 0.29) is 21.5 Å². The third kappa shape index (κ3) is 2.96. The number of hydrogen-bond acceptors (Lipinski definition) is 2. The normalized spacial score (nSPS) is 10.4. The summed E-state index contributed by atoms with van der Waals surface area (Å²) in [5.41, 5.74) is 0.619. The first-order valence-electron chi connectivity index (χ1n) is 5.64. The minimum absolute atomic E-state index is 0.00967. The number of aromatic hydroxyl groups is 1. The minimum Gasteiger partial charge on any atom is -0.507 e. The Morgan fingerprint density at radius 3 is 2.55 bits per heavy atom. The highest BCUT2D eigenvalue weighted by Gasteiger charge is 2.15. The van der Waals surface area contributed by atoms with Gasteiger partial charge in [0.05, 0.1) is 15.7 Å². The van der Waals surface area contributed by atoms with Gasteiger partial charge in [-0.2, -0.15) is 0 Å². The van der Waals surface area contributed by atoms with Gasteiger partial charge in [0.25, 0.3) is 5.91 Å². The van der Waals surface area contributed by atoms with Crippen molar-refractivity contribution in [2.24, 2.45) is 0 Å². The highest BCUT2D eigenvalue weighted by Crippen LogP contribution is 2.25. The van der Waals surface area contributed by atoms with E-state index in [1.807, 2.05) is 0 Å². The molecule has 0 atom stereocenters. The van der Waals surface area contributed by atoms with E-state index in [9.17, 15) is 18.7 Å². The van der Waals surface area contributed by atoms with Gasteiger partial charge in [0.1, 0.15) is 17.4 Å². The van der Waals surface area contributed by atoms with E-state index in [2.05, 4.69) is 21.2 Å². The number of carbonyl (C=O) groups is 1. The third-order valence-corrected chi connectivity index (χ3v) is 3.26. The standard InChI is InChI=1S/C14H10BrF2NO2/c1-7-2-3-8(13(19)4-7)14(20)18-12-5-9(15)10(16)6-11(12)17/h2-6,19H,1H3,(H,18,20). The molecule has 20 heavy (non-hydrogen) atoms. The van der Waals surface area contributed by atoms with Crippen molar-refractivity contribution in [3.05, 3.63) is 57.6 Å². The molecule has 3 nitrogen and oxygen atoms in total. The molecule has 2 N–H and O–H groups in total. The predicted octanol–water partition coefficient (Wildman–Crippen LogP) is 3.99. The molecule has 0 heterocycles. The van der Waals surface area contributed by atoms with Crippen LogP contribution in [-0.2, 0) is 0 Å². The van der Waals surface area contributed by atoms with Crippen molar-refractivity contribution in [1.82, 2.24) is 0 Å². The molecule has 0 aromatic heterocycles. The molecule has 0 bridgehead atoms. The van der Waals surface area contributed by atoms with Crippen LogP contribution in [0.4, 0.5) is 14.5 Å². The topological polar surface area (TPSA) is 49.3 Å². The van der Waals surface area contributed by atoms with E-state index in [1.54, 1.807) is 13.0 Å². The molecule has 0 unspecified atom stereocenters. The van der Waals surface area contributed by atoms with Crippen LogP contribution in [0.2, 0.25) is 0 Å². The Labute approximate surface area is 122 Å². The molecule has 0 spiro atoms. The molecule has 0 fully saturated rings. The fraction of sp³-hybridized carbons (Fsp3) is 0.0714. The molecular weight excluding hydrogens is 332 g/mol. The Balaban J connectivity index is 2.30. The molecule has 0 radical (unpaired) electrons. The fourth-order valence-electron chi connectivity index (χ4n) is 1.64. The lowest BCUT2D eigenvalue weighted by Gasteiger charge is -2.09. The van der Waals surface area contributed by atoms with E-state index in [4.69, 9.17) is 0 Å². The van der Waals surface area contributed by atoms with Gasteiger partial charge >= 0.3 is 0 Å². The second-order valence-electron chi connectivity index (χ2n) is 4.22. The molecule has 2 aromatic rings. The molecule has 2 rings (SSSR count). The van der Waals surface area contributed by atoms with Gasteiger partial charge in [0, 0.05) is 6.07 Å². The highest BCUT2D eigenvalue weighted by atomic mass is 79.9. The number of carbonyl (C=O) groups excluding carboxylic acids is 1. The Bertz CT molecular complexity index is 689. The summed E-state index contributed by atoms with van der Waals surface area (Å²) in [6.45, 7) is 1.76. The first kappa shape index (κ1) is 14.5. The highest BCUT2D eigenvalue weighted by molar-refractivity contribution is 9.10. The number of phenols is 1. The zero-order valence-corrected chi connectivity index (χ0v) is 12.0. The van der Waals surface area contributed by atoms with Crippen LogP contribution in [0.25, 0.3) is 0 Å². The van der Waals surface area contributed by atoms with Crippen molar-refractivity contribution in [1.29, 1.82) is 0 Å². The summed E-state index contributed by atoms with van der Waals surface area (Å²) < 4.78 is 26.7. The van der Waals surface area contributed by atoms with Gasteiger partial charge in [-0.25, -0.2) is 8.78 Å². The quantitative estimate of drug-likeness (QED) is 0.811. The van der Waals surface area contributed by atoms with Gasteiger partial charge in [-0.1, -0.05) is 6.07 Å². The van der Waals surface area contributed by atoms with Gasteiger partial charge < -0.3 is 10.4 Å². The number of hydrogen-bond donors (Lipinski definition) is 2. The fourth-order valence-corrected chi connectivity index (χ4v) is 1.99. The number of phenolic OH excluding ortho intramolecular Hbond substituents is 1. The van der Waals surface area contributed by atoms with Gasteiger partial charge in [-0.05, 0) is 46.6 Å². The van der Waals surface area contributed by atoms with Crippen molar-refractivity contribution >= 4 is 27.5 Å². The molecule has 6 heteroatoms. The zero-order chi connectivity index (χ0) is 14.9. The Morgan fingerprint density at radius 2 is 1.90 bits per heavy atom. The molecule has 2 aromatic carbocycles. The third-order valence-electron chi connectivity index (χ3n) is 2.66. The first-order chi connectivity index (χ1) is 9.38. The summed E-state index contributed by atoms with van der Waals surface area (Å²) in [6, 6.07) is 6.27. The van der Waals surface area contributed by atoms with Crippen molar-refractivity contribution in [2.45, 2.75) is 6.92 Å². The zero-order valence-electron chi connectivity index (χ0n) is 10.4. The first-order valence-corrected chi connectivity index (χ1v) is 6.43. The van der Waals surface area contributed by atoms with Crippen molar-refractivity contribution in [3.63, 3.8) is 0 Å². The summed E-state index contributed by atoms with van der Waals surface area (Å²) in [5.74, 6) is -2.55. The summed E-state index contributed by atoms with van der Waals surface area (Å²) in [5, 5.41) is 12.0. The Morgan fingerprint density at radius 1 is 1.20 bits per heavy atom. The van der Waals surface area contributed by atoms with E-state index in [0.717, 1.165) is 11.6 Å². The number of benzene rings is 2. The smallest absolute Gasteiger partial charge is 0.259 e. The molecule has 1 amide bonds. The number of aryl methyl sites for hydroxylation is 1. The van der Waals surface area contributed by atoms with E-state index >= 15 is 0 Å². The van der Waals surface area contributed by atoms with Gasteiger partial charge in [0.2, 0.25) is 0 Å². The number of nitrogens with one attached hydrogen (secondary N) is 1. The SMILES string of the molecule is Cc1ccc(C(=O)Nc2cc(Br)c(F)cc2F)c(O)c1. The maximum Gasteiger partial charge on any atom is 0.259 e.